The molecule has 1 fully saturated rings. The fraction of sp³-hybridized carbons (Fsp3) is 0.435. The van der Waals surface area contributed by atoms with Crippen LogP contribution in [0.5, 0.6) is 11.5 Å². The Bertz CT molecular complexity index is 885. The summed E-state index contributed by atoms with van der Waals surface area (Å²) in [5.41, 5.74) is 0.423. The minimum absolute atomic E-state index is 0.156. The first kappa shape index (κ1) is 22.9. The maximum atomic E-state index is 12.6. The number of nitrogens with one attached hydrogen (secondary N) is 1. The van der Waals surface area contributed by atoms with E-state index in [0.717, 1.165) is 43.6 Å². The standard InChI is InChI=1S/C23H27F3N2O3/c1-31-20-6-2-5-17(22(20)30)15-28-13-3-4-16(14-28)7-12-21(29)27-19-10-8-18(9-11-19)23(24,25)26/h2,5-6,8-11,16,30H,3-4,7,12-15H2,1H3,(H,27,29)/t16-/m0/s1. The van der Waals surface area contributed by atoms with Crippen LogP contribution in [0.4, 0.5) is 18.9 Å². The summed E-state index contributed by atoms with van der Waals surface area (Å²) in [6.45, 7) is 2.35. The Kier molecular flexibility index (Phi) is 7.43. The predicted molar refractivity (Wildman–Crippen MR) is 112 cm³/mol. The number of carbonyl (C=O) groups excluding carboxylic acids is 1. The molecule has 3 rings (SSSR count). The number of anilines is 1. The Morgan fingerprint density at radius 3 is 2.65 bits per heavy atom. The molecule has 1 heterocycles. The number of para-hydroxylation sites is 1. The van der Waals surface area contributed by atoms with Gasteiger partial charge in [-0.3, -0.25) is 9.69 Å². The molecule has 2 aromatic rings. The van der Waals surface area contributed by atoms with Crippen molar-refractivity contribution in [2.24, 2.45) is 5.92 Å². The SMILES string of the molecule is COc1cccc(CN2CCC[C@@H](CCC(=O)Nc3ccc(C(F)(F)F)cc3)C2)c1O. The van der Waals surface area contributed by atoms with Gasteiger partial charge in [-0.15, -0.1) is 0 Å². The number of piperidine rings is 1. The first-order valence-corrected chi connectivity index (χ1v) is 10.3. The molecular weight excluding hydrogens is 409 g/mol. The number of halogens is 3. The third kappa shape index (κ3) is 6.37. The Labute approximate surface area is 179 Å². The molecule has 1 aliphatic rings. The van der Waals surface area contributed by atoms with Crippen molar-refractivity contribution in [3.05, 3.63) is 53.6 Å². The average molecular weight is 436 g/mol. The molecule has 0 bridgehead atoms. The van der Waals surface area contributed by atoms with E-state index in [9.17, 15) is 23.1 Å². The maximum Gasteiger partial charge on any atom is 0.416 e. The second-order valence-electron chi connectivity index (χ2n) is 7.87. The number of likely N-dealkylation sites (tertiary alicyclic amines) is 1. The van der Waals surface area contributed by atoms with E-state index in [4.69, 9.17) is 4.74 Å². The number of carbonyl (C=O) groups is 1. The van der Waals surface area contributed by atoms with Gasteiger partial charge in [0.05, 0.1) is 12.7 Å². The molecule has 0 aromatic heterocycles. The number of amides is 1. The second-order valence-corrected chi connectivity index (χ2v) is 7.87. The number of aromatic hydroxyl groups is 1. The van der Waals surface area contributed by atoms with Gasteiger partial charge in [-0.25, -0.2) is 0 Å². The lowest BCUT2D eigenvalue weighted by molar-refractivity contribution is -0.137. The number of phenolic OH excluding ortho intramolecular Hbond substituents is 1. The van der Waals surface area contributed by atoms with Crippen molar-refractivity contribution in [3.63, 3.8) is 0 Å². The number of ether oxygens (including phenoxy) is 1. The largest absolute Gasteiger partial charge is 0.504 e. The van der Waals surface area contributed by atoms with Gasteiger partial charge in [0.25, 0.3) is 0 Å². The molecule has 0 unspecified atom stereocenters. The fourth-order valence-electron chi connectivity index (χ4n) is 3.93. The van der Waals surface area contributed by atoms with E-state index in [1.54, 1.807) is 6.07 Å². The van der Waals surface area contributed by atoms with Gasteiger partial charge in [0.15, 0.2) is 11.5 Å². The quantitative estimate of drug-likeness (QED) is 0.638. The number of hydrogen-bond donors (Lipinski definition) is 2. The van der Waals surface area contributed by atoms with Crippen molar-refractivity contribution in [1.29, 1.82) is 0 Å². The van der Waals surface area contributed by atoms with E-state index < -0.39 is 11.7 Å². The molecule has 2 N–H and O–H groups in total. The second kappa shape index (κ2) is 10.0. The molecule has 1 saturated heterocycles. The zero-order chi connectivity index (χ0) is 22.4. The van der Waals surface area contributed by atoms with Crippen LogP contribution >= 0.6 is 0 Å². The summed E-state index contributed by atoms with van der Waals surface area (Å²) in [7, 11) is 1.52. The third-order valence-electron chi connectivity index (χ3n) is 5.58. The van der Waals surface area contributed by atoms with Crippen molar-refractivity contribution < 1.29 is 27.8 Å². The number of hydrogen-bond acceptors (Lipinski definition) is 4. The lowest BCUT2D eigenvalue weighted by Crippen LogP contribution is -2.35. The van der Waals surface area contributed by atoms with Crippen molar-refractivity contribution in [2.75, 3.05) is 25.5 Å². The molecule has 2 aromatic carbocycles. The van der Waals surface area contributed by atoms with Crippen LogP contribution in [-0.2, 0) is 17.5 Å². The summed E-state index contributed by atoms with van der Waals surface area (Å²) < 4.78 is 43.0. The number of phenols is 1. The molecule has 0 spiro atoms. The number of methoxy groups -OCH3 is 1. The third-order valence-corrected chi connectivity index (χ3v) is 5.58. The van der Waals surface area contributed by atoms with E-state index in [-0.39, 0.29) is 11.7 Å². The van der Waals surface area contributed by atoms with E-state index in [0.29, 0.717) is 36.7 Å². The summed E-state index contributed by atoms with van der Waals surface area (Å²) in [6.07, 6.45) is -1.35. The monoisotopic (exact) mass is 436 g/mol. The summed E-state index contributed by atoms with van der Waals surface area (Å²) in [5, 5.41) is 13.0. The highest BCUT2D eigenvalue weighted by Crippen LogP contribution is 2.32. The van der Waals surface area contributed by atoms with E-state index in [2.05, 4.69) is 10.2 Å². The van der Waals surface area contributed by atoms with Crippen molar-refractivity contribution in [3.8, 4) is 11.5 Å². The van der Waals surface area contributed by atoms with Gasteiger partial charge in [-0.1, -0.05) is 12.1 Å². The van der Waals surface area contributed by atoms with E-state index >= 15 is 0 Å². The first-order chi connectivity index (χ1) is 14.8. The zero-order valence-corrected chi connectivity index (χ0v) is 17.4. The van der Waals surface area contributed by atoms with Crippen molar-refractivity contribution in [1.82, 2.24) is 4.90 Å². The molecule has 8 heteroatoms. The van der Waals surface area contributed by atoms with Crippen LogP contribution in [0.1, 0.15) is 36.8 Å². The molecule has 31 heavy (non-hydrogen) atoms. The van der Waals surface area contributed by atoms with Crippen molar-refractivity contribution in [2.45, 2.75) is 38.4 Å². The van der Waals surface area contributed by atoms with Crippen LogP contribution in [0.3, 0.4) is 0 Å². The van der Waals surface area contributed by atoms with Gasteiger partial charge in [0, 0.05) is 30.8 Å². The topological polar surface area (TPSA) is 61.8 Å². The number of benzene rings is 2. The summed E-state index contributed by atoms with van der Waals surface area (Å²) >= 11 is 0. The highest BCUT2D eigenvalue weighted by molar-refractivity contribution is 5.90. The molecule has 1 atom stereocenters. The fourth-order valence-corrected chi connectivity index (χ4v) is 3.93. The molecule has 0 aliphatic carbocycles. The Morgan fingerprint density at radius 2 is 1.97 bits per heavy atom. The number of rotatable bonds is 7. The van der Waals surface area contributed by atoms with Gasteiger partial charge >= 0.3 is 6.18 Å². The number of alkyl halides is 3. The van der Waals surface area contributed by atoms with E-state index in [1.165, 1.54) is 19.2 Å². The van der Waals surface area contributed by atoms with Crippen LogP contribution in [0.25, 0.3) is 0 Å². The molecule has 0 saturated carbocycles. The summed E-state index contributed by atoms with van der Waals surface area (Å²) in [5.74, 6) is 0.746. The molecule has 1 amide bonds. The molecule has 5 nitrogen and oxygen atoms in total. The molecule has 1 aliphatic heterocycles. The van der Waals surface area contributed by atoms with Crippen LogP contribution in [-0.4, -0.2) is 36.1 Å². The Morgan fingerprint density at radius 1 is 1.23 bits per heavy atom. The van der Waals surface area contributed by atoms with Gasteiger partial charge < -0.3 is 15.2 Å². The summed E-state index contributed by atoms with van der Waals surface area (Å²) in [6, 6.07) is 9.89. The Balaban J connectivity index is 1.48. The van der Waals surface area contributed by atoms with Gasteiger partial charge in [-0.2, -0.15) is 13.2 Å². The molecule has 168 valence electrons. The van der Waals surface area contributed by atoms with Gasteiger partial charge in [0.2, 0.25) is 5.91 Å². The number of nitrogens with zero attached hydrogens (tertiary/aromatic N) is 1. The predicted octanol–water partition coefficient (Wildman–Crippen LogP) is 5.05. The average Bonchev–Trinajstić information content (AvgIpc) is 2.74. The molecular formula is C23H27F3N2O3. The van der Waals surface area contributed by atoms with Crippen LogP contribution in [0, 0.1) is 5.92 Å². The van der Waals surface area contributed by atoms with Crippen LogP contribution in [0.15, 0.2) is 42.5 Å². The summed E-state index contributed by atoms with van der Waals surface area (Å²) in [4.78, 5) is 14.5. The lowest BCUT2D eigenvalue weighted by Gasteiger charge is -2.33. The molecule has 0 radical (unpaired) electrons. The Hall–Kier alpha value is -2.74. The van der Waals surface area contributed by atoms with Crippen LogP contribution < -0.4 is 10.1 Å². The minimum Gasteiger partial charge on any atom is -0.504 e. The zero-order valence-electron chi connectivity index (χ0n) is 17.4. The van der Waals surface area contributed by atoms with Gasteiger partial charge in [-0.05, 0) is 62.1 Å². The van der Waals surface area contributed by atoms with Crippen LogP contribution in [0.2, 0.25) is 0 Å². The van der Waals surface area contributed by atoms with E-state index in [1.807, 2.05) is 12.1 Å². The highest BCUT2D eigenvalue weighted by atomic mass is 19.4. The minimum atomic E-state index is -4.39. The maximum absolute atomic E-state index is 12.6. The lowest BCUT2D eigenvalue weighted by atomic mass is 9.93. The van der Waals surface area contributed by atoms with Crippen molar-refractivity contribution >= 4 is 11.6 Å². The smallest absolute Gasteiger partial charge is 0.416 e. The first-order valence-electron chi connectivity index (χ1n) is 10.3. The van der Waals surface area contributed by atoms with Gasteiger partial charge in [0.1, 0.15) is 0 Å². The highest BCUT2D eigenvalue weighted by Gasteiger charge is 2.30. The normalized spacial score (nSPS) is 17.4.